The summed E-state index contributed by atoms with van der Waals surface area (Å²) in [5.74, 6) is 1.24. The van der Waals surface area contributed by atoms with Gasteiger partial charge in [-0.25, -0.2) is 0 Å². The Morgan fingerprint density at radius 3 is 2.60 bits per heavy atom. The first kappa shape index (κ1) is 19.7. The van der Waals surface area contributed by atoms with Crippen LogP contribution < -0.4 is 10.1 Å². The summed E-state index contributed by atoms with van der Waals surface area (Å²) in [5.41, 5.74) is 0.0680. The second kappa shape index (κ2) is 9.78. The minimum atomic E-state index is -0.695. The maximum atomic E-state index is 12.9. The molecule has 1 aromatic carbocycles. The highest BCUT2D eigenvalue weighted by atomic mass is 16.5. The predicted octanol–water partition coefficient (Wildman–Crippen LogP) is 4.03. The van der Waals surface area contributed by atoms with Crippen LogP contribution >= 0.6 is 0 Å². The first-order chi connectivity index (χ1) is 12.1. The number of rotatable bonds is 9. The highest BCUT2D eigenvalue weighted by Gasteiger charge is 2.42. The van der Waals surface area contributed by atoms with E-state index in [9.17, 15) is 4.79 Å². The maximum Gasteiger partial charge on any atom is 0.256 e. The molecule has 1 saturated carbocycles. The van der Waals surface area contributed by atoms with Crippen molar-refractivity contribution >= 4 is 11.6 Å². The van der Waals surface area contributed by atoms with E-state index >= 15 is 0 Å². The summed E-state index contributed by atoms with van der Waals surface area (Å²) < 4.78 is 16.8. The summed E-state index contributed by atoms with van der Waals surface area (Å²) in [4.78, 5) is 12.9. The molecule has 0 heterocycles. The Labute approximate surface area is 151 Å². The maximum absolute atomic E-state index is 12.9. The van der Waals surface area contributed by atoms with E-state index in [0.717, 1.165) is 37.1 Å². The van der Waals surface area contributed by atoms with Gasteiger partial charge in [-0.3, -0.25) is 4.79 Å². The molecule has 0 spiro atoms. The first-order valence-electron chi connectivity index (χ1n) is 9.35. The van der Waals surface area contributed by atoms with Crippen LogP contribution in [0.3, 0.4) is 0 Å². The number of ether oxygens (including phenoxy) is 3. The standard InChI is InChI=1S/C20H31NO4/c1-4-23-13-14-24-18-10-8-17(9-11-18)21-19(22)20(25-5-2)12-6-7-16(3)15-20/h8-11,16H,4-7,12-15H2,1-3H3,(H,21,22)/t16-,20+/m1/s1. The van der Waals surface area contributed by atoms with Gasteiger partial charge in [-0.05, 0) is 63.3 Å². The van der Waals surface area contributed by atoms with E-state index in [1.54, 1.807) is 0 Å². The van der Waals surface area contributed by atoms with Crippen molar-refractivity contribution in [3.8, 4) is 5.75 Å². The highest BCUT2D eigenvalue weighted by Crippen LogP contribution is 2.36. The fourth-order valence-electron chi connectivity index (χ4n) is 3.42. The van der Waals surface area contributed by atoms with Crippen LogP contribution in [0.15, 0.2) is 24.3 Å². The molecule has 0 bridgehead atoms. The number of benzene rings is 1. The van der Waals surface area contributed by atoms with Crippen molar-refractivity contribution in [3.05, 3.63) is 24.3 Å². The summed E-state index contributed by atoms with van der Waals surface area (Å²) in [5, 5.41) is 3.02. The van der Waals surface area contributed by atoms with Crippen LogP contribution in [-0.4, -0.2) is 37.9 Å². The summed E-state index contributed by atoms with van der Waals surface area (Å²) >= 11 is 0. The van der Waals surface area contributed by atoms with Gasteiger partial charge in [0.2, 0.25) is 0 Å². The monoisotopic (exact) mass is 349 g/mol. The molecule has 0 aliphatic heterocycles. The fourth-order valence-corrected chi connectivity index (χ4v) is 3.42. The van der Waals surface area contributed by atoms with Crippen molar-refractivity contribution in [2.45, 2.75) is 52.1 Å². The van der Waals surface area contributed by atoms with E-state index in [2.05, 4.69) is 12.2 Å². The molecule has 1 aliphatic carbocycles. The van der Waals surface area contributed by atoms with Crippen molar-refractivity contribution in [1.82, 2.24) is 0 Å². The van der Waals surface area contributed by atoms with Crippen LogP contribution in [0.4, 0.5) is 5.69 Å². The average molecular weight is 349 g/mol. The van der Waals surface area contributed by atoms with Gasteiger partial charge in [0.05, 0.1) is 6.61 Å². The molecule has 0 unspecified atom stereocenters. The lowest BCUT2D eigenvalue weighted by Gasteiger charge is -2.38. The molecule has 1 N–H and O–H groups in total. The molecule has 2 atom stereocenters. The van der Waals surface area contributed by atoms with Crippen molar-refractivity contribution < 1.29 is 19.0 Å². The van der Waals surface area contributed by atoms with Gasteiger partial charge < -0.3 is 19.5 Å². The van der Waals surface area contributed by atoms with Crippen LogP contribution in [-0.2, 0) is 14.3 Å². The lowest BCUT2D eigenvalue weighted by Crippen LogP contribution is -2.48. The number of carbonyl (C=O) groups is 1. The zero-order valence-electron chi connectivity index (χ0n) is 15.7. The van der Waals surface area contributed by atoms with Crippen LogP contribution in [0.1, 0.15) is 46.5 Å². The second-order valence-electron chi connectivity index (χ2n) is 6.65. The van der Waals surface area contributed by atoms with E-state index in [4.69, 9.17) is 14.2 Å². The van der Waals surface area contributed by atoms with E-state index in [-0.39, 0.29) is 5.91 Å². The minimum Gasteiger partial charge on any atom is -0.491 e. The third-order valence-electron chi connectivity index (χ3n) is 4.60. The Morgan fingerprint density at radius 1 is 1.20 bits per heavy atom. The molecule has 2 rings (SSSR count). The number of amides is 1. The Balaban J connectivity index is 1.94. The predicted molar refractivity (Wildman–Crippen MR) is 99.0 cm³/mol. The molecule has 25 heavy (non-hydrogen) atoms. The topological polar surface area (TPSA) is 56.8 Å². The summed E-state index contributed by atoms with van der Waals surface area (Å²) in [6.45, 7) is 8.42. The highest BCUT2D eigenvalue weighted by molar-refractivity contribution is 5.97. The fraction of sp³-hybridized carbons (Fsp3) is 0.650. The van der Waals surface area contributed by atoms with Crippen LogP contribution in [0.25, 0.3) is 0 Å². The Morgan fingerprint density at radius 2 is 1.96 bits per heavy atom. The number of hydrogen-bond acceptors (Lipinski definition) is 4. The largest absolute Gasteiger partial charge is 0.491 e. The Hall–Kier alpha value is -1.59. The molecule has 5 heteroatoms. The Kier molecular flexibility index (Phi) is 7.72. The van der Waals surface area contributed by atoms with Gasteiger partial charge in [0.15, 0.2) is 0 Å². The van der Waals surface area contributed by atoms with Gasteiger partial charge in [0.1, 0.15) is 18.0 Å². The zero-order valence-corrected chi connectivity index (χ0v) is 15.7. The second-order valence-corrected chi connectivity index (χ2v) is 6.65. The molecular weight excluding hydrogens is 318 g/mol. The van der Waals surface area contributed by atoms with Gasteiger partial charge in [-0.1, -0.05) is 13.3 Å². The van der Waals surface area contributed by atoms with Gasteiger partial charge in [-0.15, -0.1) is 0 Å². The van der Waals surface area contributed by atoms with E-state index in [0.29, 0.717) is 32.3 Å². The average Bonchev–Trinajstić information content (AvgIpc) is 2.60. The van der Waals surface area contributed by atoms with Crippen LogP contribution in [0.2, 0.25) is 0 Å². The van der Waals surface area contributed by atoms with Gasteiger partial charge in [0, 0.05) is 18.9 Å². The van der Waals surface area contributed by atoms with Crippen LogP contribution in [0, 0.1) is 5.92 Å². The molecule has 1 amide bonds. The minimum absolute atomic E-state index is 0.0362. The normalized spacial score (nSPS) is 23.2. The van der Waals surface area contributed by atoms with E-state index in [1.807, 2.05) is 38.1 Å². The summed E-state index contributed by atoms with van der Waals surface area (Å²) in [7, 11) is 0. The number of hydrogen-bond donors (Lipinski definition) is 1. The lowest BCUT2D eigenvalue weighted by molar-refractivity contribution is -0.147. The van der Waals surface area contributed by atoms with Crippen molar-refractivity contribution in [2.24, 2.45) is 5.92 Å². The van der Waals surface area contributed by atoms with Crippen molar-refractivity contribution in [2.75, 3.05) is 31.7 Å². The van der Waals surface area contributed by atoms with E-state index < -0.39 is 5.60 Å². The molecule has 1 aliphatic rings. The van der Waals surface area contributed by atoms with Gasteiger partial charge in [-0.2, -0.15) is 0 Å². The van der Waals surface area contributed by atoms with E-state index in [1.165, 1.54) is 0 Å². The number of nitrogens with one attached hydrogen (secondary N) is 1. The molecule has 0 radical (unpaired) electrons. The molecule has 1 aromatic rings. The van der Waals surface area contributed by atoms with Crippen LogP contribution in [0.5, 0.6) is 5.75 Å². The van der Waals surface area contributed by atoms with Crippen molar-refractivity contribution in [3.63, 3.8) is 0 Å². The molecule has 0 aromatic heterocycles. The third kappa shape index (κ3) is 5.72. The first-order valence-corrected chi connectivity index (χ1v) is 9.35. The molecule has 1 fully saturated rings. The quantitative estimate of drug-likeness (QED) is 0.684. The zero-order chi connectivity index (χ0) is 18.1. The third-order valence-corrected chi connectivity index (χ3v) is 4.60. The van der Waals surface area contributed by atoms with Crippen molar-refractivity contribution in [1.29, 1.82) is 0 Å². The molecule has 0 saturated heterocycles. The summed E-state index contributed by atoms with van der Waals surface area (Å²) in [6.07, 6.45) is 3.76. The molecular formula is C20H31NO4. The molecule has 5 nitrogen and oxygen atoms in total. The molecule has 140 valence electrons. The number of anilines is 1. The van der Waals surface area contributed by atoms with Gasteiger partial charge in [0.25, 0.3) is 5.91 Å². The Bertz CT molecular complexity index is 527. The lowest BCUT2D eigenvalue weighted by atomic mass is 9.78. The SMILES string of the molecule is CCOCCOc1ccc(NC(=O)[C@]2(OCC)CCC[C@@H](C)C2)cc1. The number of carbonyl (C=O) groups excluding carboxylic acids is 1. The summed E-state index contributed by atoms with van der Waals surface area (Å²) in [6, 6.07) is 7.44. The smallest absolute Gasteiger partial charge is 0.256 e. The van der Waals surface area contributed by atoms with Gasteiger partial charge >= 0.3 is 0 Å².